The van der Waals surface area contributed by atoms with Gasteiger partial charge in [0.05, 0.1) is 12.8 Å². The molecule has 35 heavy (non-hydrogen) atoms. The summed E-state index contributed by atoms with van der Waals surface area (Å²) in [7, 11) is 1.43. The molecule has 1 aromatic heterocycles. The van der Waals surface area contributed by atoms with Gasteiger partial charge >= 0.3 is 0 Å². The summed E-state index contributed by atoms with van der Waals surface area (Å²) < 4.78 is 21.0. The van der Waals surface area contributed by atoms with Crippen LogP contribution in [-0.2, 0) is 17.8 Å². The van der Waals surface area contributed by atoms with Crippen molar-refractivity contribution in [3.05, 3.63) is 60.0 Å². The van der Waals surface area contributed by atoms with Crippen LogP contribution in [0.5, 0.6) is 5.75 Å². The first-order valence-corrected chi connectivity index (χ1v) is 12.4. The van der Waals surface area contributed by atoms with Crippen LogP contribution < -0.4 is 10.1 Å². The lowest BCUT2D eigenvalue weighted by Crippen LogP contribution is -2.33. The molecule has 1 fully saturated rings. The quantitative estimate of drug-likeness (QED) is 0.475. The fourth-order valence-electron chi connectivity index (χ4n) is 4.67. The minimum absolute atomic E-state index is 0.0379. The van der Waals surface area contributed by atoms with E-state index in [4.69, 9.17) is 9.72 Å². The number of amides is 1. The molecule has 3 aromatic rings. The molecule has 186 valence electrons. The highest BCUT2D eigenvalue weighted by Crippen LogP contribution is 2.29. The van der Waals surface area contributed by atoms with Gasteiger partial charge in [-0.15, -0.1) is 0 Å². The summed E-state index contributed by atoms with van der Waals surface area (Å²) in [6, 6.07) is 13.8. The Bertz CT molecular complexity index is 1160. The fourth-order valence-corrected chi connectivity index (χ4v) is 4.67. The summed E-state index contributed by atoms with van der Waals surface area (Å²) in [5.41, 5.74) is 3.72. The predicted octanol–water partition coefficient (Wildman–Crippen LogP) is 4.92. The van der Waals surface area contributed by atoms with Crippen LogP contribution in [0, 0.1) is 5.82 Å². The number of methoxy groups -OCH3 is 1. The Balaban J connectivity index is 1.58. The monoisotopic (exact) mass is 478 g/mol. The van der Waals surface area contributed by atoms with Crippen LogP contribution in [0.1, 0.15) is 39.2 Å². The molecular weight excluding hydrogens is 443 g/mol. The SMILES string of the molecule is COc1cc(-c2nc(-c3ccc(CCN4CCC[C@H]4C)cc3)cn2CC(=O)NC(C)C)ccc1F. The number of nitrogens with zero attached hydrogens (tertiary/aromatic N) is 3. The van der Waals surface area contributed by atoms with E-state index >= 15 is 0 Å². The Hall–Kier alpha value is -3.19. The van der Waals surface area contributed by atoms with Crippen LogP contribution in [0.4, 0.5) is 4.39 Å². The lowest BCUT2D eigenvalue weighted by molar-refractivity contribution is -0.122. The van der Waals surface area contributed by atoms with Gasteiger partial charge in [-0.3, -0.25) is 4.79 Å². The fraction of sp³-hybridized carbons (Fsp3) is 0.429. The van der Waals surface area contributed by atoms with E-state index in [1.54, 1.807) is 12.1 Å². The molecule has 2 aromatic carbocycles. The van der Waals surface area contributed by atoms with Gasteiger partial charge in [0.1, 0.15) is 12.4 Å². The average Bonchev–Trinajstić information content (AvgIpc) is 3.44. The van der Waals surface area contributed by atoms with Crippen molar-refractivity contribution in [1.82, 2.24) is 19.8 Å². The van der Waals surface area contributed by atoms with Gasteiger partial charge in [0.2, 0.25) is 5.91 Å². The van der Waals surface area contributed by atoms with Crippen molar-refractivity contribution in [3.8, 4) is 28.4 Å². The summed E-state index contributed by atoms with van der Waals surface area (Å²) in [6.45, 7) is 8.55. The topological polar surface area (TPSA) is 59.4 Å². The molecule has 1 aliphatic rings. The highest BCUT2D eigenvalue weighted by Gasteiger charge is 2.20. The molecule has 0 aliphatic carbocycles. The summed E-state index contributed by atoms with van der Waals surface area (Å²) in [4.78, 5) is 19.9. The van der Waals surface area contributed by atoms with Crippen molar-refractivity contribution in [2.75, 3.05) is 20.2 Å². The Morgan fingerprint density at radius 1 is 1.20 bits per heavy atom. The number of imidazole rings is 1. The molecule has 0 bridgehead atoms. The van der Waals surface area contributed by atoms with Crippen molar-refractivity contribution in [2.24, 2.45) is 0 Å². The van der Waals surface area contributed by atoms with Gasteiger partial charge in [-0.05, 0) is 70.3 Å². The Labute approximate surface area is 207 Å². The minimum Gasteiger partial charge on any atom is -0.494 e. The van der Waals surface area contributed by atoms with Crippen LogP contribution >= 0.6 is 0 Å². The molecule has 2 heterocycles. The largest absolute Gasteiger partial charge is 0.494 e. The van der Waals surface area contributed by atoms with Crippen molar-refractivity contribution in [2.45, 2.75) is 58.7 Å². The normalized spacial score (nSPS) is 16.1. The van der Waals surface area contributed by atoms with E-state index in [0.29, 0.717) is 17.4 Å². The van der Waals surface area contributed by atoms with E-state index in [0.717, 1.165) is 24.2 Å². The van der Waals surface area contributed by atoms with E-state index < -0.39 is 5.82 Å². The number of aromatic nitrogens is 2. The summed E-state index contributed by atoms with van der Waals surface area (Å²) in [5, 5.41) is 2.92. The molecule has 0 saturated carbocycles. The number of hydrogen-bond acceptors (Lipinski definition) is 4. The zero-order chi connectivity index (χ0) is 24.9. The highest BCUT2D eigenvalue weighted by molar-refractivity contribution is 5.77. The number of benzene rings is 2. The van der Waals surface area contributed by atoms with Crippen LogP contribution in [0.25, 0.3) is 22.6 Å². The summed E-state index contributed by atoms with van der Waals surface area (Å²) in [6.07, 6.45) is 5.49. The molecule has 7 heteroatoms. The van der Waals surface area contributed by atoms with Gasteiger partial charge in [-0.2, -0.15) is 0 Å². The van der Waals surface area contributed by atoms with Gasteiger partial charge in [0.25, 0.3) is 0 Å². The first kappa shape index (κ1) is 24.9. The van der Waals surface area contributed by atoms with Crippen molar-refractivity contribution in [3.63, 3.8) is 0 Å². The van der Waals surface area contributed by atoms with Gasteiger partial charge in [0, 0.05) is 36.0 Å². The second-order valence-electron chi connectivity index (χ2n) is 9.62. The van der Waals surface area contributed by atoms with Gasteiger partial charge in [-0.1, -0.05) is 24.3 Å². The first-order chi connectivity index (χ1) is 16.8. The molecule has 1 atom stereocenters. The molecule has 1 amide bonds. The van der Waals surface area contributed by atoms with Crippen molar-refractivity contribution >= 4 is 5.91 Å². The van der Waals surface area contributed by atoms with Crippen LogP contribution in [0.15, 0.2) is 48.7 Å². The maximum atomic E-state index is 14.0. The third-order valence-corrected chi connectivity index (χ3v) is 6.58. The van der Waals surface area contributed by atoms with Crippen LogP contribution in [0.3, 0.4) is 0 Å². The number of carbonyl (C=O) groups is 1. The number of ether oxygens (including phenoxy) is 1. The van der Waals surface area contributed by atoms with E-state index in [2.05, 4.69) is 41.4 Å². The lowest BCUT2D eigenvalue weighted by Gasteiger charge is -2.20. The zero-order valence-corrected chi connectivity index (χ0v) is 21.1. The van der Waals surface area contributed by atoms with Crippen LogP contribution in [-0.4, -0.2) is 52.6 Å². The lowest BCUT2D eigenvalue weighted by atomic mass is 10.1. The molecule has 1 aliphatic heterocycles. The van der Waals surface area contributed by atoms with E-state index in [9.17, 15) is 9.18 Å². The van der Waals surface area contributed by atoms with E-state index in [1.807, 2.05) is 24.6 Å². The molecule has 0 radical (unpaired) electrons. The Morgan fingerprint density at radius 2 is 1.94 bits per heavy atom. The third kappa shape index (κ3) is 6.09. The molecule has 1 saturated heterocycles. The molecule has 6 nitrogen and oxygen atoms in total. The average molecular weight is 479 g/mol. The maximum absolute atomic E-state index is 14.0. The number of carbonyl (C=O) groups excluding carboxylic acids is 1. The van der Waals surface area contributed by atoms with E-state index in [-0.39, 0.29) is 24.2 Å². The maximum Gasteiger partial charge on any atom is 0.240 e. The predicted molar refractivity (Wildman–Crippen MR) is 137 cm³/mol. The summed E-state index contributed by atoms with van der Waals surface area (Å²) >= 11 is 0. The smallest absolute Gasteiger partial charge is 0.240 e. The molecule has 0 spiro atoms. The number of likely N-dealkylation sites (tertiary alicyclic amines) is 1. The number of hydrogen-bond donors (Lipinski definition) is 1. The molecular formula is C28H35FN4O2. The molecule has 1 N–H and O–H groups in total. The van der Waals surface area contributed by atoms with Gasteiger partial charge in [-0.25, -0.2) is 9.37 Å². The Kier molecular flexibility index (Phi) is 7.86. The second kappa shape index (κ2) is 11.0. The Morgan fingerprint density at radius 3 is 2.60 bits per heavy atom. The standard InChI is InChI=1S/C28H35FN4O2/c1-19(2)30-27(34)18-33-17-25(31-28(33)23-11-12-24(29)26(16-23)35-4)22-9-7-21(8-10-22)13-15-32-14-5-6-20(32)3/h7-12,16-17,19-20H,5-6,13-15,18H2,1-4H3,(H,30,34)/t20-/m1/s1. The number of halogens is 1. The van der Waals surface area contributed by atoms with Crippen LogP contribution in [0.2, 0.25) is 0 Å². The summed E-state index contributed by atoms with van der Waals surface area (Å²) in [5.74, 6) is 0.183. The zero-order valence-electron chi connectivity index (χ0n) is 21.1. The van der Waals surface area contributed by atoms with Crippen molar-refractivity contribution < 1.29 is 13.9 Å². The van der Waals surface area contributed by atoms with Crippen molar-refractivity contribution in [1.29, 1.82) is 0 Å². The van der Waals surface area contributed by atoms with E-state index in [1.165, 1.54) is 38.1 Å². The molecule has 0 unspecified atom stereocenters. The van der Waals surface area contributed by atoms with Gasteiger partial charge < -0.3 is 19.5 Å². The third-order valence-electron chi connectivity index (χ3n) is 6.58. The minimum atomic E-state index is -0.439. The van der Waals surface area contributed by atoms with Gasteiger partial charge in [0.15, 0.2) is 11.6 Å². The number of nitrogens with one attached hydrogen (secondary N) is 1. The first-order valence-electron chi connectivity index (χ1n) is 12.4. The number of rotatable bonds is 9. The highest BCUT2D eigenvalue weighted by atomic mass is 19.1. The second-order valence-corrected chi connectivity index (χ2v) is 9.62. The molecule has 4 rings (SSSR count).